The third-order valence-electron chi connectivity index (χ3n) is 13.2. The van der Waals surface area contributed by atoms with Crippen molar-refractivity contribution in [1.29, 1.82) is 0 Å². The first-order valence-electron chi connectivity index (χ1n) is 23.3. The third-order valence-corrected chi connectivity index (χ3v) is 13.5. The molecule has 2 saturated heterocycles. The summed E-state index contributed by atoms with van der Waals surface area (Å²) in [5.41, 5.74) is 7.56. The van der Waals surface area contributed by atoms with Crippen LogP contribution < -0.4 is 10.2 Å². The summed E-state index contributed by atoms with van der Waals surface area (Å²) in [4.78, 5) is 17.5. The number of pyridine rings is 2. The van der Waals surface area contributed by atoms with Gasteiger partial charge in [-0.1, -0.05) is 156 Å². The normalized spacial score (nSPS) is 14.6. The molecule has 2 aliphatic rings. The Hall–Kier alpha value is -5.37. The maximum Gasteiger partial charge on any atom is 0.0730 e. The highest BCUT2D eigenvalue weighted by Crippen LogP contribution is 2.34. The molecule has 64 heavy (non-hydrogen) atoms. The summed E-state index contributed by atoms with van der Waals surface area (Å²) in [5, 5.41) is 11.3. The third kappa shape index (κ3) is 10.9. The van der Waals surface area contributed by atoms with Crippen LogP contribution in [-0.2, 0) is 0 Å². The second kappa shape index (κ2) is 22.5. The molecule has 0 amide bonds. The number of rotatable bonds is 9. The Morgan fingerprint density at radius 2 is 0.953 bits per heavy atom. The lowest BCUT2D eigenvalue weighted by Gasteiger charge is -2.39. The first-order chi connectivity index (χ1) is 31.0. The molecule has 0 aliphatic carbocycles. The van der Waals surface area contributed by atoms with Gasteiger partial charge in [0.15, 0.2) is 0 Å². The van der Waals surface area contributed by atoms with Gasteiger partial charge in [0, 0.05) is 52.8 Å². The summed E-state index contributed by atoms with van der Waals surface area (Å²) in [6.45, 7) is 18.4. The van der Waals surface area contributed by atoms with E-state index in [1.165, 1.54) is 90.0 Å². The van der Waals surface area contributed by atoms with Crippen molar-refractivity contribution in [2.45, 2.75) is 72.9 Å². The van der Waals surface area contributed by atoms with Crippen LogP contribution in [-0.4, -0.2) is 84.2 Å². The predicted octanol–water partition coefficient (Wildman–Crippen LogP) is 13.8. The number of para-hydroxylation sites is 2. The number of anilines is 1. The average molecular weight is 872 g/mol. The van der Waals surface area contributed by atoms with Gasteiger partial charge < -0.3 is 20.0 Å². The van der Waals surface area contributed by atoms with Gasteiger partial charge in [-0.3, -0.25) is 0 Å². The van der Waals surface area contributed by atoms with Crippen molar-refractivity contribution < 1.29 is 0 Å². The summed E-state index contributed by atoms with van der Waals surface area (Å²) in [6, 6.07) is 52.3. The monoisotopic (exact) mass is 871 g/mol. The average Bonchev–Trinajstić information content (AvgIpc) is 3.35. The van der Waals surface area contributed by atoms with Gasteiger partial charge in [-0.2, -0.15) is 0 Å². The molecule has 0 spiro atoms. The van der Waals surface area contributed by atoms with Crippen LogP contribution in [0.3, 0.4) is 0 Å². The molecule has 7 heteroatoms. The van der Waals surface area contributed by atoms with Crippen molar-refractivity contribution >= 4 is 60.6 Å². The zero-order valence-electron chi connectivity index (χ0n) is 37.6. The summed E-state index contributed by atoms with van der Waals surface area (Å²) in [7, 11) is 0. The van der Waals surface area contributed by atoms with Crippen molar-refractivity contribution in [2.75, 3.05) is 57.3 Å². The molecule has 2 fully saturated rings. The Morgan fingerprint density at radius 1 is 0.516 bits per heavy atom. The molecule has 8 aromatic rings. The van der Waals surface area contributed by atoms with Crippen LogP contribution in [0.25, 0.3) is 65.9 Å². The summed E-state index contributed by atoms with van der Waals surface area (Å²) in [5.74, 6) is 0. The minimum atomic E-state index is 0. The van der Waals surface area contributed by atoms with Crippen LogP contribution in [0.15, 0.2) is 146 Å². The number of nitrogens with one attached hydrogen (secondary N) is 1. The van der Waals surface area contributed by atoms with Crippen molar-refractivity contribution in [3.05, 3.63) is 151 Å². The van der Waals surface area contributed by atoms with E-state index >= 15 is 0 Å². The van der Waals surface area contributed by atoms with Gasteiger partial charge in [-0.05, 0) is 123 Å². The fourth-order valence-electron chi connectivity index (χ4n) is 9.67. The number of benzene rings is 6. The van der Waals surface area contributed by atoms with Crippen molar-refractivity contribution in [1.82, 2.24) is 25.1 Å². The lowest BCUT2D eigenvalue weighted by Crippen LogP contribution is -2.44. The molecule has 2 aromatic heterocycles. The number of fused-ring (bicyclic) bond motifs is 4. The van der Waals surface area contributed by atoms with Crippen LogP contribution in [0.1, 0.15) is 60.8 Å². The molecule has 2 aliphatic heterocycles. The van der Waals surface area contributed by atoms with E-state index in [1.54, 1.807) is 0 Å². The smallest absolute Gasteiger partial charge is 0.0730 e. The van der Waals surface area contributed by atoms with Crippen LogP contribution in [0.2, 0.25) is 5.02 Å². The number of hydrogen-bond acceptors (Lipinski definition) is 6. The number of hydrogen-bond donors (Lipinski definition) is 1. The van der Waals surface area contributed by atoms with E-state index in [0.29, 0.717) is 6.04 Å². The molecular weight excluding hydrogens is 804 g/mol. The van der Waals surface area contributed by atoms with Crippen LogP contribution >= 0.6 is 11.6 Å². The fraction of sp³-hybridized carbons (Fsp3) is 0.333. The van der Waals surface area contributed by atoms with Gasteiger partial charge in [0.05, 0.1) is 27.4 Å². The van der Waals surface area contributed by atoms with Gasteiger partial charge in [0.2, 0.25) is 0 Å². The summed E-state index contributed by atoms with van der Waals surface area (Å²) >= 11 is 6.39. The standard InChI is InChI=1S/C28H31N3.C19H12ClN.C9H20N2.CH4/c1-3-30(4-2)24-15-17-31(18-16-24)28-20-27(29-26-12-8-7-11-25(26)28)23-14-13-21-9-5-6-10-22(21)19-23;20-17-12-19(21-18-8-4-3-7-16(17)18)15-10-9-13-5-1-2-6-14(13)11-15;1-3-11(4-2)9-5-7-10-8-6-9;/h5-14,19-20,24H,3-4,15-18H2,1-2H3;1-12H;9-10H,3-8H2,1-2H3;1H4. The highest BCUT2D eigenvalue weighted by atomic mass is 35.5. The van der Waals surface area contributed by atoms with Gasteiger partial charge in [-0.25, -0.2) is 9.97 Å². The van der Waals surface area contributed by atoms with Crippen LogP contribution in [0.5, 0.6) is 0 Å². The van der Waals surface area contributed by atoms with Gasteiger partial charge in [0.1, 0.15) is 0 Å². The molecule has 6 aromatic carbocycles. The maximum atomic E-state index is 6.39. The van der Waals surface area contributed by atoms with E-state index in [1.807, 2.05) is 42.5 Å². The Labute approximate surface area is 387 Å². The Kier molecular flexibility index (Phi) is 16.4. The highest BCUT2D eigenvalue weighted by Gasteiger charge is 2.25. The lowest BCUT2D eigenvalue weighted by atomic mass is 10.00. The van der Waals surface area contributed by atoms with Crippen LogP contribution in [0, 0.1) is 0 Å². The highest BCUT2D eigenvalue weighted by molar-refractivity contribution is 6.35. The van der Waals surface area contributed by atoms with Crippen LogP contribution in [0.4, 0.5) is 5.69 Å². The van der Waals surface area contributed by atoms with E-state index in [2.05, 4.69) is 151 Å². The molecule has 0 atom stereocenters. The van der Waals surface area contributed by atoms with E-state index in [4.69, 9.17) is 21.6 Å². The predicted molar refractivity (Wildman–Crippen MR) is 278 cm³/mol. The number of piperidine rings is 2. The Morgan fingerprint density at radius 3 is 1.48 bits per heavy atom. The zero-order valence-corrected chi connectivity index (χ0v) is 38.4. The molecule has 0 bridgehead atoms. The zero-order chi connectivity index (χ0) is 43.5. The van der Waals surface area contributed by atoms with E-state index in [-0.39, 0.29) is 7.43 Å². The van der Waals surface area contributed by atoms with Gasteiger partial charge in [-0.15, -0.1) is 0 Å². The minimum Gasteiger partial charge on any atom is -0.371 e. The van der Waals surface area contributed by atoms with E-state index in [0.717, 1.165) is 70.6 Å². The fourth-order valence-corrected chi connectivity index (χ4v) is 9.93. The Bertz CT molecular complexity index is 2730. The molecule has 0 unspecified atom stereocenters. The lowest BCUT2D eigenvalue weighted by molar-refractivity contribution is 0.178. The molecule has 6 nitrogen and oxygen atoms in total. The van der Waals surface area contributed by atoms with E-state index < -0.39 is 0 Å². The Balaban J connectivity index is 0.000000160. The number of nitrogens with zero attached hydrogens (tertiary/aromatic N) is 5. The maximum absolute atomic E-state index is 6.39. The summed E-state index contributed by atoms with van der Waals surface area (Å²) < 4.78 is 0. The number of aromatic nitrogens is 2. The topological polar surface area (TPSA) is 47.5 Å². The van der Waals surface area contributed by atoms with Gasteiger partial charge >= 0.3 is 0 Å². The molecule has 0 radical (unpaired) electrons. The van der Waals surface area contributed by atoms with Crippen molar-refractivity contribution in [3.63, 3.8) is 0 Å². The summed E-state index contributed by atoms with van der Waals surface area (Å²) in [6.07, 6.45) is 5.12. The molecule has 332 valence electrons. The second-order valence-electron chi connectivity index (χ2n) is 16.8. The minimum absolute atomic E-state index is 0. The second-order valence-corrected chi connectivity index (χ2v) is 17.2. The quantitative estimate of drug-likeness (QED) is 0.156. The van der Waals surface area contributed by atoms with E-state index in [9.17, 15) is 0 Å². The largest absolute Gasteiger partial charge is 0.371 e. The molecule has 4 heterocycles. The molecular formula is C57H67ClN6. The SMILES string of the molecule is C.CCN(CC)C1CCN(c2cc(-c3ccc4ccccc4c3)nc3ccccc23)CC1.CCN(CC)C1CCNCC1.Clc1cc(-c2ccc3ccccc3c2)nc2ccccc12. The van der Waals surface area contributed by atoms with Crippen molar-refractivity contribution in [2.24, 2.45) is 0 Å². The molecule has 10 rings (SSSR count). The van der Waals surface area contributed by atoms with Crippen molar-refractivity contribution in [3.8, 4) is 22.5 Å². The molecule has 0 saturated carbocycles. The number of halogens is 1. The first-order valence-corrected chi connectivity index (χ1v) is 23.7. The molecule has 1 N–H and O–H groups in total. The van der Waals surface area contributed by atoms with Gasteiger partial charge in [0.25, 0.3) is 0 Å². The first kappa shape index (κ1) is 46.6.